The zero-order valence-corrected chi connectivity index (χ0v) is 9.88. The Bertz CT molecular complexity index is 567. The summed E-state index contributed by atoms with van der Waals surface area (Å²) in [4.78, 5) is 11.4. The van der Waals surface area contributed by atoms with Crippen LogP contribution in [0.3, 0.4) is 0 Å². The summed E-state index contributed by atoms with van der Waals surface area (Å²) in [5.41, 5.74) is 2.23. The Morgan fingerprint density at radius 3 is 2.95 bits per heavy atom. The van der Waals surface area contributed by atoms with E-state index in [-0.39, 0.29) is 12.4 Å². The molecule has 6 heteroatoms. The fourth-order valence-corrected chi connectivity index (χ4v) is 1.27. The number of halogens is 1. The molecule has 2 rings (SSSR count). The Morgan fingerprint density at radius 1 is 1.37 bits per heavy atom. The van der Waals surface area contributed by atoms with Gasteiger partial charge >= 0.3 is 0 Å². The molecule has 0 unspecified atom stereocenters. The van der Waals surface area contributed by atoms with Crippen molar-refractivity contribution in [3.05, 3.63) is 54.2 Å². The molecule has 0 aliphatic rings. The van der Waals surface area contributed by atoms with Crippen LogP contribution < -0.4 is 10.2 Å². The second kappa shape index (κ2) is 6.34. The third-order valence-electron chi connectivity index (χ3n) is 2.12. The van der Waals surface area contributed by atoms with Crippen molar-refractivity contribution in [1.29, 1.82) is 0 Å². The lowest BCUT2D eigenvalue weighted by Gasteiger charge is -2.05. The summed E-state index contributed by atoms with van der Waals surface area (Å²) in [5.74, 6) is -0.483. The van der Waals surface area contributed by atoms with Gasteiger partial charge in [-0.05, 0) is 24.3 Å². The van der Waals surface area contributed by atoms with Gasteiger partial charge in [0.1, 0.15) is 5.76 Å². The second-order valence-electron chi connectivity index (χ2n) is 3.53. The van der Waals surface area contributed by atoms with Crippen molar-refractivity contribution in [1.82, 2.24) is 5.43 Å². The first-order valence-electron chi connectivity index (χ1n) is 5.48. The molecule has 2 aromatic rings. The molecule has 0 saturated carbocycles. The van der Waals surface area contributed by atoms with E-state index >= 15 is 0 Å². The average molecular weight is 262 g/mol. The standard InChI is InChI=1S/C13H11FN2O3/c14-11-5-1-2-6-12(11)19-9-13(17)16-15-8-10-4-3-7-18-10/h1-8H,9H2,(H,16,17)/b15-8-. The molecule has 1 aromatic carbocycles. The van der Waals surface area contributed by atoms with Gasteiger partial charge in [0.05, 0.1) is 12.5 Å². The first-order chi connectivity index (χ1) is 9.25. The minimum absolute atomic E-state index is 0.0210. The van der Waals surface area contributed by atoms with Crippen molar-refractivity contribution in [3.63, 3.8) is 0 Å². The molecule has 0 fully saturated rings. The summed E-state index contributed by atoms with van der Waals surface area (Å²) in [6.45, 7) is -0.323. The maximum atomic E-state index is 13.2. The number of nitrogens with one attached hydrogen (secondary N) is 1. The minimum Gasteiger partial charge on any atom is -0.481 e. The Balaban J connectivity index is 1.78. The van der Waals surface area contributed by atoms with Gasteiger partial charge in [0.15, 0.2) is 18.2 Å². The number of amides is 1. The Morgan fingerprint density at radius 2 is 2.21 bits per heavy atom. The van der Waals surface area contributed by atoms with Gasteiger partial charge in [0.25, 0.3) is 5.91 Å². The lowest BCUT2D eigenvalue weighted by molar-refractivity contribution is -0.123. The second-order valence-corrected chi connectivity index (χ2v) is 3.53. The Labute approximate surface area is 108 Å². The predicted octanol–water partition coefficient (Wildman–Crippen LogP) is 1.95. The van der Waals surface area contributed by atoms with Gasteiger partial charge in [-0.25, -0.2) is 9.82 Å². The molecule has 98 valence electrons. The van der Waals surface area contributed by atoms with Crippen LogP contribution in [-0.4, -0.2) is 18.7 Å². The molecular formula is C13H11FN2O3. The molecule has 19 heavy (non-hydrogen) atoms. The maximum Gasteiger partial charge on any atom is 0.277 e. The molecule has 0 aliphatic carbocycles. The monoisotopic (exact) mass is 262 g/mol. The van der Waals surface area contributed by atoms with Crippen LogP contribution >= 0.6 is 0 Å². The van der Waals surface area contributed by atoms with Gasteiger partial charge in [-0.3, -0.25) is 4.79 Å². The van der Waals surface area contributed by atoms with E-state index < -0.39 is 11.7 Å². The van der Waals surface area contributed by atoms with E-state index in [1.165, 1.54) is 30.7 Å². The van der Waals surface area contributed by atoms with Crippen LogP contribution in [0.5, 0.6) is 5.75 Å². The van der Waals surface area contributed by atoms with Gasteiger partial charge in [0.2, 0.25) is 0 Å². The van der Waals surface area contributed by atoms with Crippen LogP contribution in [0.1, 0.15) is 5.76 Å². The number of benzene rings is 1. The molecule has 0 atom stereocenters. The van der Waals surface area contributed by atoms with Crippen LogP contribution in [0, 0.1) is 5.82 Å². The van der Waals surface area contributed by atoms with E-state index in [9.17, 15) is 9.18 Å². The summed E-state index contributed by atoms with van der Waals surface area (Å²) in [7, 11) is 0. The first-order valence-corrected chi connectivity index (χ1v) is 5.48. The number of hydrogen-bond acceptors (Lipinski definition) is 4. The third-order valence-corrected chi connectivity index (χ3v) is 2.12. The topological polar surface area (TPSA) is 63.8 Å². The smallest absolute Gasteiger partial charge is 0.277 e. The molecule has 1 heterocycles. The fraction of sp³-hybridized carbons (Fsp3) is 0.0769. The highest BCUT2D eigenvalue weighted by Gasteiger charge is 2.05. The predicted molar refractivity (Wildman–Crippen MR) is 66.3 cm³/mol. The van der Waals surface area contributed by atoms with Crippen LogP contribution in [0.2, 0.25) is 0 Å². The number of carbonyl (C=O) groups is 1. The Kier molecular flexibility index (Phi) is 4.28. The van der Waals surface area contributed by atoms with E-state index in [1.807, 2.05) is 0 Å². The third kappa shape index (κ3) is 3.95. The van der Waals surface area contributed by atoms with Crippen molar-refractivity contribution >= 4 is 12.1 Å². The molecule has 1 N–H and O–H groups in total. The number of furan rings is 1. The van der Waals surface area contributed by atoms with E-state index in [0.717, 1.165) is 0 Å². The zero-order valence-electron chi connectivity index (χ0n) is 9.88. The molecule has 1 amide bonds. The normalized spacial score (nSPS) is 10.6. The molecule has 0 bridgehead atoms. The maximum absolute atomic E-state index is 13.2. The molecule has 5 nitrogen and oxygen atoms in total. The van der Waals surface area contributed by atoms with Gasteiger partial charge in [-0.1, -0.05) is 12.1 Å². The summed E-state index contributed by atoms with van der Waals surface area (Å²) in [6.07, 6.45) is 2.84. The van der Waals surface area contributed by atoms with Gasteiger partial charge in [0, 0.05) is 0 Å². The highest BCUT2D eigenvalue weighted by atomic mass is 19.1. The van der Waals surface area contributed by atoms with Crippen molar-refractivity contribution in [2.45, 2.75) is 0 Å². The average Bonchev–Trinajstić information content (AvgIpc) is 2.91. The zero-order chi connectivity index (χ0) is 13.5. The van der Waals surface area contributed by atoms with Crippen molar-refractivity contribution in [2.75, 3.05) is 6.61 Å². The summed E-state index contributed by atoms with van der Waals surface area (Å²) >= 11 is 0. The van der Waals surface area contributed by atoms with E-state index in [2.05, 4.69) is 10.5 Å². The van der Waals surface area contributed by atoms with Crippen molar-refractivity contribution < 1.29 is 18.3 Å². The van der Waals surface area contributed by atoms with E-state index in [1.54, 1.807) is 18.2 Å². The van der Waals surface area contributed by atoms with Crippen LogP contribution in [0.25, 0.3) is 0 Å². The number of ether oxygens (including phenoxy) is 1. The number of nitrogens with zero attached hydrogens (tertiary/aromatic N) is 1. The lowest BCUT2D eigenvalue weighted by Crippen LogP contribution is -2.24. The number of rotatable bonds is 5. The van der Waals surface area contributed by atoms with Gasteiger partial charge in [-0.2, -0.15) is 5.10 Å². The SMILES string of the molecule is O=C(COc1ccccc1F)N/N=C\c1ccco1. The molecular weight excluding hydrogens is 251 g/mol. The number of carbonyl (C=O) groups excluding carboxylic acids is 1. The van der Waals surface area contributed by atoms with Gasteiger partial charge < -0.3 is 9.15 Å². The van der Waals surface area contributed by atoms with Crippen molar-refractivity contribution in [2.24, 2.45) is 5.10 Å². The molecule has 0 saturated heterocycles. The molecule has 1 aromatic heterocycles. The Hall–Kier alpha value is -2.63. The van der Waals surface area contributed by atoms with E-state index in [4.69, 9.17) is 9.15 Å². The number of hydrogen-bond donors (Lipinski definition) is 1. The minimum atomic E-state index is -0.519. The summed E-state index contributed by atoms with van der Waals surface area (Å²) in [6, 6.07) is 9.23. The van der Waals surface area contributed by atoms with Crippen LogP contribution in [0.4, 0.5) is 4.39 Å². The van der Waals surface area contributed by atoms with E-state index in [0.29, 0.717) is 5.76 Å². The number of hydrazone groups is 1. The summed E-state index contributed by atoms with van der Waals surface area (Å²) in [5, 5.41) is 3.66. The van der Waals surface area contributed by atoms with Crippen LogP contribution in [-0.2, 0) is 4.79 Å². The van der Waals surface area contributed by atoms with Crippen molar-refractivity contribution in [3.8, 4) is 5.75 Å². The molecule has 0 spiro atoms. The number of para-hydroxylation sites is 1. The quantitative estimate of drug-likeness (QED) is 0.661. The molecule has 0 radical (unpaired) electrons. The first kappa shape index (κ1) is 12.8. The highest BCUT2D eigenvalue weighted by Crippen LogP contribution is 2.14. The van der Waals surface area contributed by atoms with Gasteiger partial charge in [-0.15, -0.1) is 0 Å². The highest BCUT2D eigenvalue weighted by molar-refractivity contribution is 5.81. The largest absolute Gasteiger partial charge is 0.481 e. The molecule has 0 aliphatic heterocycles. The lowest BCUT2D eigenvalue weighted by atomic mass is 10.3. The van der Waals surface area contributed by atoms with Crippen LogP contribution in [0.15, 0.2) is 52.2 Å². The summed E-state index contributed by atoms with van der Waals surface area (Å²) < 4.78 is 23.2. The fourth-order valence-electron chi connectivity index (χ4n) is 1.27.